The van der Waals surface area contributed by atoms with Gasteiger partial charge in [0.1, 0.15) is 0 Å². The van der Waals surface area contributed by atoms with Crippen LogP contribution in [0.25, 0.3) is 12.2 Å². The van der Waals surface area contributed by atoms with Crippen LogP contribution in [-0.4, -0.2) is 11.2 Å². The van der Waals surface area contributed by atoms with Gasteiger partial charge in [0, 0.05) is 6.07 Å². The minimum absolute atomic E-state index is 0.157. The van der Waals surface area contributed by atoms with Crippen molar-refractivity contribution in [1.29, 1.82) is 0 Å². The van der Waals surface area contributed by atoms with Crippen LogP contribution in [0.2, 0.25) is 0 Å². The molecule has 0 bridgehead atoms. The summed E-state index contributed by atoms with van der Waals surface area (Å²) < 4.78 is 0. The van der Waals surface area contributed by atoms with Crippen molar-refractivity contribution in [3.05, 3.63) is 69.8 Å². The van der Waals surface area contributed by atoms with Gasteiger partial charge in [-0.05, 0) is 29.5 Å². The molecule has 0 aliphatic heterocycles. The van der Waals surface area contributed by atoms with E-state index in [0.717, 1.165) is 11.1 Å². The lowest BCUT2D eigenvalue weighted by atomic mass is 10.1. The first kappa shape index (κ1) is 13.4. The zero-order valence-corrected chi connectivity index (χ0v) is 11.3. The van der Waals surface area contributed by atoms with E-state index in [2.05, 4.69) is 0 Å². The maximum absolute atomic E-state index is 10.8. The molecule has 0 aliphatic rings. The van der Waals surface area contributed by atoms with Crippen molar-refractivity contribution in [1.82, 2.24) is 0 Å². The Balaban J connectivity index is 2.27. The third-order valence-corrected chi connectivity index (χ3v) is 3.44. The first-order valence-electron chi connectivity index (χ1n) is 5.76. The number of nitro groups is 1. The van der Waals surface area contributed by atoms with E-state index >= 15 is 0 Å². The van der Waals surface area contributed by atoms with Gasteiger partial charge in [0.2, 0.25) is 0 Å². The summed E-state index contributed by atoms with van der Waals surface area (Å²) in [5.74, 6) is 0. The van der Waals surface area contributed by atoms with E-state index in [9.17, 15) is 10.1 Å². The Kier molecular flexibility index (Phi) is 4.36. The van der Waals surface area contributed by atoms with E-state index in [0.29, 0.717) is 4.90 Å². The van der Waals surface area contributed by atoms with Gasteiger partial charge in [0.25, 0.3) is 5.69 Å². The first-order chi connectivity index (χ1) is 9.20. The monoisotopic (exact) mass is 271 g/mol. The average molecular weight is 271 g/mol. The number of nitro benzene ring substituents is 1. The van der Waals surface area contributed by atoms with Gasteiger partial charge in [-0.1, -0.05) is 42.5 Å². The molecule has 2 aromatic carbocycles. The highest BCUT2D eigenvalue weighted by atomic mass is 32.2. The number of hydrogen-bond donors (Lipinski definition) is 0. The molecule has 19 heavy (non-hydrogen) atoms. The molecule has 0 radical (unpaired) electrons. The van der Waals surface area contributed by atoms with Crippen LogP contribution in [0.4, 0.5) is 5.69 Å². The van der Waals surface area contributed by atoms with Gasteiger partial charge in [-0.15, -0.1) is 11.8 Å². The van der Waals surface area contributed by atoms with Gasteiger partial charge in [0.05, 0.1) is 9.82 Å². The predicted molar refractivity (Wildman–Crippen MR) is 80.2 cm³/mol. The molecule has 0 spiro atoms. The SMILES string of the molecule is CSc1cc(C=Cc2ccccc2)ccc1[N+](=O)[O-]. The van der Waals surface area contributed by atoms with Crippen molar-refractivity contribution in [3.8, 4) is 0 Å². The molecule has 0 saturated heterocycles. The van der Waals surface area contributed by atoms with Gasteiger partial charge < -0.3 is 0 Å². The number of nitrogens with zero attached hydrogens (tertiary/aromatic N) is 1. The summed E-state index contributed by atoms with van der Waals surface area (Å²) in [5.41, 5.74) is 2.22. The number of rotatable bonds is 4. The van der Waals surface area contributed by atoms with E-state index in [1.807, 2.05) is 54.8 Å². The zero-order chi connectivity index (χ0) is 13.7. The molecule has 0 amide bonds. The minimum Gasteiger partial charge on any atom is -0.258 e. The second kappa shape index (κ2) is 6.20. The van der Waals surface area contributed by atoms with E-state index < -0.39 is 0 Å². The molecule has 2 aromatic rings. The molecular weight excluding hydrogens is 258 g/mol. The summed E-state index contributed by atoms with van der Waals surface area (Å²) in [6, 6.07) is 15.1. The molecule has 4 heteroatoms. The largest absolute Gasteiger partial charge is 0.282 e. The van der Waals surface area contributed by atoms with Crippen molar-refractivity contribution >= 4 is 29.6 Å². The molecular formula is C15H13NO2S. The molecule has 0 N–H and O–H groups in total. The van der Waals surface area contributed by atoms with E-state index in [1.54, 1.807) is 12.1 Å². The van der Waals surface area contributed by atoms with Crippen LogP contribution >= 0.6 is 11.8 Å². The predicted octanol–water partition coefficient (Wildman–Crippen LogP) is 4.49. The zero-order valence-electron chi connectivity index (χ0n) is 10.4. The van der Waals surface area contributed by atoms with Crippen molar-refractivity contribution < 1.29 is 4.92 Å². The Morgan fingerprint density at radius 1 is 1.05 bits per heavy atom. The highest BCUT2D eigenvalue weighted by Crippen LogP contribution is 2.28. The maximum atomic E-state index is 10.8. The maximum Gasteiger partial charge on any atom is 0.282 e. The molecule has 0 fully saturated rings. The summed E-state index contributed by atoms with van der Waals surface area (Å²) in [5, 5.41) is 10.8. The summed E-state index contributed by atoms with van der Waals surface area (Å²) in [6.45, 7) is 0. The Bertz CT molecular complexity index is 609. The lowest BCUT2D eigenvalue weighted by molar-refractivity contribution is -0.387. The van der Waals surface area contributed by atoms with Crippen LogP contribution in [-0.2, 0) is 0 Å². The summed E-state index contributed by atoms with van der Waals surface area (Å²) >= 11 is 1.38. The average Bonchev–Trinajstić information content (AvgIpc) is 2.45. The lowest BCUT2D eigenvalue weighted by Crippen LogP contribution is -1.90. The van der Waals surface area contributed by atoms with Crippen LogP contribution in [0.5, 0.6) is 0 Å². The van der Waals surface area contributed by atoms with E-state index in [4.69, 9.17) is 0 Å². The van der Waals surface area contributed by atoms with Gasteiger partial charge in [-0.2, -0.15) is 0 Å². The molecule has 0 aliphatic carbocycles. The summed E-state index contributed by atoms with van der Waals surface area (Å²) in [6.07, 6.45) is 5.79. The fourth-order valence-corrected chi connectivity index (χ4v) is 2.31. The quantitative estimate of drug-likeness (QED) is 0.356. The number of thioether (sulfide) groups is 1. The van der Waals surface area contributed by atoms with Crippen LogP contribution in [0.15, 0.2) is 53.4 Å². The first-order valence-corrected chi connectivity index (χ1v) is 6.99. The smallest absolute Gasteiger partial charge is 0.258 e. The highest BCUT2D eigenvalue weighted by molar-refractivity contribution is 7.98. The molecule has 0 aromatic heterocycles. The second-order valence-electron chi connectivity index (χ2n) is 3.93. The molecule has 0 saturated carbocycles. The van der Waals surface area contributed by atoms with Crippen LogP contribution in [0, 0.1) is 10.1 Å². The van der Waals surface area contributed by atoms with Crippen LogP contribution in [0.1, 0.15) is 11.1 Å². The van der Waals surface area contributed by atoms with E-state index in [1.165, 1.54) is 11.8 Å². The third kappa shape index (κ3) is 3.45. The topological polar surface area (TPSA) is 43.1 Å². The minimum atomic E-state index is -0.351. The molecule has 3 nitrogen and oxygen atoms in total. The van der Waals surface area contributed by atoms with Crippen molar-refractivity contribution in [2.45, 2.75) is 4.90 Å². The Hall–Kier alpha value is -2.07. The third-order valence-electron chi connectivity index (χ3n) is 2.67. The van der Waals surface area contributed by atoms with Gasteiger partial charge in [-0.25, -0.2) is 0 Å². The lowest BCUT2D eigenvalue weighted by Gasteiger charge is -2.01. The van der Waals surface area contributed by atoms with Crippen LogP contribution < -0.4 is 0 Å². The van der Waals surface area contributed by atoms with E-state index in [-0.39, 0.29) is 10.6 Å². The van der Waals surface area contributed by atoms with Crippen molar-refractivity contribution in [2.75, 3.05) is 6.26 Å². The Morgan fingerprint density at radius 2 is 1.74 bits per heavy atom. The fourth-order valence-electron chi connectivity index (χ4n) is 1.71. The summed E-state index contributed by atoms with van der Waals surface area (Å²) in [7, 11) is 0. The Morgan fingerprint density at radius 3 is 2.37 bits per heavy atom. The van der Waals surface area contributed by atoms with Crippen molar-refractivity contribution in [3.63, 3.8) is 0 Å². The van der Waals surface area contributed by atoms with Gasteiger partial charge >= 0.3 is 0 Å². The molecule has 96 valence electrons. The van der Waals surface area contributed by atoms with Gasteiger partial charge in [-0.3, -0.25) is 10.1 Å². The van der Waals surface area contributed by atoms with Crippen LogP contribution in [0.3, 0.4) is 0 Å². The normalized spacial score (nSPS) is 10.8. The molecule has 2 rings (SSSR count). The summed E-state index contributed by atoms with van der Waals surface area (Å²) in [4.78, 5) is 11.2. The van der Waals surface area contributed by atoms with Crippen molar-refractivity contribution in [2.24, 2.45) is 0 Å². The highest BCUT2D eigenvalue weighted by Gasteiger charge is 2.12. The molecule has 0 unspecified atom stereocenters. The molecule has 0 atom stereocenters. The molecule has 0 heterocycles. The number of hydrogen-bond acceptors (Lipinski definition) is 3. The number of benzene rings is 2. The Labute approximate surface area is 116 Å². The van der Waals surface area contributed by atoms with Gasteiger partial charge in [0.15, 0.2) is 0 Å². The second-order valence-corrected chi connectivity index (χ2v) is 4.78. The fraction of sp³-hybridized carbons (Fsp3) is 0.0667. The standard InChI is InChI=1S/C15H13NO2S/c1-19-15-11-13(9-10-14(15)16(17)18)8-7-12-5-3-2-4-6-12/h2-11H,1H3.